The van der Waals surface area contributed by atoms with Gasteiger partial charge in [-0.25, -0.2) is 4.39 Å². The van der Waals surface area contributed by atoms with Crippen LogP contribution in [0.4, 0.5) is 4.39 Å². The van der Waals surface area contributed by atoms with E-state index in [1.54, 1.807) is 24.1 Å². The maximum absolute atomic E-state index is 13.4. The SMILES string of the molecule is COCC(=O)N(C)[C@@H](Cc1ccc(F)cc1)C1CCN(C(=O)c2ccc(-c3ccccc3)cc2)CC1. The molecule has 1 heterocycles. The van der Waals surface area contributed by atoms with E-state index in [9.17, 15) is 14.0 Å². The average molecular weight is 489 g/mol. The molecule has 0 bridgehead atoms. The van der Waals surface area contributed by atoms with Crippen LogP contribution in [0.25, 0.3) is 11.1 Å². The molecule has 0 aliphatic carbocycles. The second kappa shape index (κ2) is 12.0. The Morgan fingerprint density at radius 2 is 1.56 bits per heavy atom. The molecule has 0 spiro atoms. The Balaban J connectivity index is 1.42. The first-order valence-electron chi connectivity index (χ1n) is 12.4. The lowest BCUT2D eigenvalue weighted by atomic mass is 9.84. The molecule has 3 aromatic carbocycles. The van der Waals surface area contributed by atoms with Crippen molar-refractivity contribution in [3.63, 3.8) is 0 Å². The topological polar surface area (TPSA) is 49.9 Å². The summed E-state index contributed by atoms with van der Waals surface area (Å²) in [5.41, 5.74) is 3.87. The van der Waals surface area contributed by atoms with Crippen molar-refractivity contribution in [2.24, 2.45) is 5.92 Å². The van der Waals surface area contributed by atoms with Crippen molar-refractivity contribution in [2.75, 3.05) is 33.9 Å². The number of rotatable bonds is 8. The summed E-state index contributed by atoms with van der Waals surface area (Å²) < 4.78 is 18.5. The van der Waals surface area contributed by atoms with E-state index in [1.807, 2.05) is 47.4 Å². The minimum Gasteiger partial charge on any atom is -0.375 e. The fraction of sp³-hybridized carbons (Fsp3) is 0.333. The molecule has 6 heteroatoms. The van der Waals surface area contributed by atoms with E-state index in [1.165, 1.54) is 19.2 Å². The summed E-state index contributed by atoms with van der Waals surface area (Å²) in [7, 11) is 3.32. The summed E-state index contributed by atoms with van der Waals surface area (Å²) in [4.78, 5) is 29.5. The van der Waals surface area contributed by atoms with Gasteiger partial charge in [-0.15, -0.1) is 0 Å². The van der Waals surface area contributed by atoms with Crippen molar-refractivity contribution < 1.29 is 18.7 Å². The van der Waals surface area contributed by atoms with E-state index >= 15 is 0 Å². The molecule has 2 amide bonds. The van der Waals surface area contributed by atoms with Gasteiger partial charge >= 0.3 is 0 Å². The number of halogens is 1. The quantitative estimate of drug-likeness (QED) is 0.445. The van der Waals surface area contributed by atoms with Crippen molar-refractivity contribution in [3.8, 4) is 11.1 Å². The fourth-order valence-corrected chi connectivity index (χ4v) is 5.00. The van der Waals surface area contributed by atoms with E-state index in [0.717, 1.165) is 29.5 Å². The molecule has 1 fully saturated rings. The van der Waals surface area contributed by atoms with Gasteiger partial charge in [0.2, 0.25) is 5.91 Å². The van der Waals surface area contributed by atoms with Crippen molar-refractivity contribution in [1.29, 1.82) is 0 Å². The van der Waals surface area contributed by atoms with Crippen molar-refractivity contribution in [1.82, 2.24) is 9.80 Å². The van der Waals surface area contributed by atoms with Gasteiger partial charge in [0.15, 0.2) is 0 Å². The van der Waals surface area contributed by atoms with Gasteiger partial charge in [0.05, 0.1) is 0 Å². The van der Waals surface area contributed by atoms with Gasteiger partial charge in [0.1, 0.15) is 12.4 Å². The molecule has 1 saturated heterocycles. The van der Waals surface area contributed by atoms with E-state index in [2.05, 4.69) is 12.1 Å². The molecular formula is C30H33FN2O3. The highest BCUT2D eigenvalue weighted by Gasteiger charge is 2.33. The monoisotopic (exact) mass is 488 g/mol. The van der Waals surface area contributed by atoms with Gasteiger partial charge in [-0.1, -0.05) is 54.6 Å². The number of hydrogen-bond acceptors (Lipinski definition) is 3. The lowest BCUT2D eigenvalue weighted by Crippen LogP contribution is -2.49. The van der Waals surface area contributed by atoms with Crippen LogP contribution in [-0.4, -0.2) is 61.5 Å². The fourth-order valence-electron chi connectivity index (χ4n) is 5.00. The molecular weight excluding hydrogens is 455 g/mol. The standard InChI is InChI=1S/C30H33FN2O3/c1-32(29(34)21-36-2)28(20-22-8-14-27(31)15-9-22)25-16-18-33(19-17-25)30(35)26-12-10-24(11-13-26)23-6-4-3-5-7-23/h3-15,25,28H,16-21H2,1-2H3/t28-/m0/s1. The maximum Gasteiger partial charge on any atom is 0.253 e. The average Bonchev–Trinajstić information content (AvgIpc) is 2.93. The van der Waals surface area contributed by atoms with Gasteiger partial charge in [0, 0.05) is 38.9 Å². The molecule has 0 N–H and O–H groups in total. The van der Waals surface area contributed by atoms with E-state index in [-0.39, 0.29) is 36.2 Å². The van der Waals surface area contributed by atoms with Gasteiger partial charge in [-0.3, -0.25) is 9.59 Å². The number of methoxy groups -OCH3 is 1. The Hall–Kier alpha value is -3.51. The second-order valence-corrected chi connectivity index (χ2v) is 9.41. The van der Waals surface area contributed by atoms with Gasteiger partial charge in [-0.2, -0.15) is 0 Å². The maximum atomic E-state index is 13.4. The summed E-state index contributed by atoms with van der Waals surface area (Å²) in [5, 5.41) is 0. The Morgan fingerprint density at radius 1 is 0.944 bits per heavy atom. The highest BCUT2D eigenvalue weighted by Crippen LogP contribution is 2.28. The van der Waals surface area contributed by atoms with Gasteiger partial charge < -0.3 is 14.5 Å². The molecule has 1 aliphatic heterocycles. The van der Waals surface area contributed by atoms with Crippen LogP contribution in [0.15, 0.2) is 78.9 Å². The number of piperidine rings is 1. The van der Waals surface area contributed by atoms with Crippen LogP contribution in [0.1, 0.15) is 28.8 Å². The Bertz CT molecular complexity index is 1140. The molecule has 0 unspecified atom stereocenters. The molecule has 3 aromatic rings. The van der Waals surface area contributed by atoms with E-state index in [4.69, 9.17) is 4.74 Å². The summed E-state index contributed by atoms with van der Waals surface area (Å²) in [5.74, 6) is -0.0957. The number of ether oxygens (including phenoxy) is 1. The van der Waals surface area contributed by atoms with Gasteiger partial charge in [-0.05, 0) is 66.1 Å². The highest BCUT2D eigenvalue weighted by atomic mass is 19.1. The lowest BCUT2D eigenvalue weighted by Gasteiger charge is -2.40. The number of hydrogen-bond donors (Lipinski definition) is 0. The number of carbonyl (C=O) groups is 2. The second-order valence-electron chi connectivity index (χ2n) is 9.41. The Labute approximate surface area is 212 Å². The Kier molecular flexibility index (Phi) is 8.49. The molecule has 0 saturated carbocycles. The van der Waals surface area contributed by atoms with Crippen LogP contribution in [0.2, 0.25) is 0 Å². The molecule has 188 valence electrons. The third-order valence-electron chi connectivity index (χ3n) is 7.13. The highest BCUT2D eigenvalue weighted by molar-refractivity contribution is 5.94. The smallest absolute Gasteiger partial charge is 0.253 e. The van der Waals surface area contributed by atoms with Gasteiger partial charge in [0.25, 0.3) is 5.91 Å². The Morgan fingerprint density at radius 3 is 2.17 bits per heavy atom. The molecule has 36 heavy (non-hydrogen) atoms. The first-order valence-corrected chi connectivity index (χ1v) is 12.4. The summed E-state index contributed by atoms with van der Waals surface area (Å²) in [6, 6.07) is 24.3. The number of carbonyl (C=O) groups excluding carboxylic acids is 2. The van der Waals surface area contributed by atoms with Crippen LogP contribution >= 0.6 is 0 Å². The predicted molar refractivity (Wildman–Crippen MR) is 139 cm³/mol. The minimum absolute atomic E-state index is 0.0206. The number of benzene rings is 3. The molecule has 4 rings (SSSR count). The summed E-state index contributed by atoms with van der Waals surface area (Å²) in [6.07, 6.45) is 2.22. The summed E-state index contributed by atoms with van der Waals surface area (Å²) in [6.45, 7) is 1.29. The molecule has 0 aromatic heterocycles. The number of amides is 2. The third kappa shape index (κ3) is 6.18. The molecule has 1 atom stereocenters. The zero-order valence-electron chi connectivity index (χ0n) is 20.9. The number of likely N-dealkylation sites (tertiary alicyclic amines) is 1. The van der Waals surface area contributed by atoms with Crippen molar-refractivity contribution in [2.45, 2.75) is 25.3 Å². The van der Waals surface area contributed by atoms with Crippen molar-refractivity contribution in [3.05, 3.63) is 95.8 Å². The predicted octanol–water partition coefficient (Wildman–Crippen LogP) is 5.06. The molecule has 1 aliphatic rings. The van der Waals surface area contributed by atoms with Crippen LogP contribution in [0.5, 0.6) is 0 Å². The summed E-state index contributed by atoms with van der Waals surface area (Å²) >= 11 is 0. The van der Waals surface area contributed by atoms with Crippen LogP contribution in [0.3, 0.4) is 0 Å². The number of likely N-dealkylation sites (N-methyl/N-ethyl adjacent to an activating group) is 1. The molecule has 5 nitrogen and oxygen atoms in total. The van der Waals surface area contributed by atoms with Crippen LogP contribution < -0.4 is 0 Å². The lowest BCUT2D eigenvalue weighted by molar-refractivity contribution is -0.137. The first kappa shape index (κ1) is 25.6. The minimum atomic E-state index is -0.275. The first-order chi connectivity index (χ1) is 17.5. The van der Waals surface area contributed by atoms with Crippen LogP contribution in [-0.2, 0) is 16.0 Å². The normalized spacial score (nSPS) is 14.9. The zero-order valence-corrected chi connectivity index (χ0v) is 20.9. The largest absolute Gasteiger partial charge is 0.375 e. The molecule has 0 radical (unpaired) electrons. The van der Waals surface area contributed by atoms with Crippen LogP contribution in [0, 0.1) is 11.7 Å². The van der Waals surface area contributed by atoms with E-state index < -0.39 is 0 Å². The van der Waals surface area contributed by atoms with E-state index in [0.29, 0.717) is 25.1 Å². The number of nitrogens with zero attached hydrogens (tertiary/aromatic N) is 2. The zero-order chi connectivity index (χ0) is 25.5. The van der Waals surface area contributed by atoms with Crippen molar-refractivity contribution >= 4 is 11.8 Å². The third-order valence-corrected chi connectivity index (χ3v) is 7.13.